The molecule has 0 unspecified atom stereocenters. The summed E-state index contributed by atoms with van der Waals surface area (Å²) >= 11 is 0. The maximum absolute atomic E-state index is 14.7. The maximum Gasteiger partial charge on any atom is 0.419 e. The fourth-order valence-electron chi connectivity index (χ4n) is 5.07. The Morgan fingerprint density at radius 3 is 2.11 bits per heavy atom. The second kappa shape index (κ2) is 12.4. The van der Waals surface area contributed by atoms with Gasteiger partial charge in [0.25, 0.3) is 0 Å². The van der Waals surface area contributed by atoms with Crippen LogP contribution >= 0.6 is 0 Å². The van der Waals surface area contributed by atoms with Crippen molar-refractivity contribution >= 4 is 0 Å². The predicted molar refractivity (Wildman–Crippen MR) is 142 cm³/mol. The van der Waals surface area contributed by atoms with Gasteiger partial charge < -0.3 is 4.74 Å². The quantitative estimate of drug-likeness (QED) is 0.150. The Kier molecular flexibility index (Phi) is 9.07. The highest BCUT2D eigenvalue weighted by Gasteiger charge is 2.29. The van der Waals surface area contributed by atoms with Gasteiger partial charge in [0.15, 0.2) is 0 Å². The minimum Gasteiger partial charge on any atom is -0.429 e. The number of hydrogen-bond acceptors (Lipinski definition) is 1. The molecule has 3 aromatic rings. The number of hydrogen-bond donors (Lipinski definition) is 0. The minimum atomic E-state index is -3.40. The van der Waals surface area contributed by atoms with Crippen LogP contribution in [0.2, 0.25) is 0 Å². The Morgan fingerprint density at radius 1 is 0.811 bits per heavy atom. The van der Waals surface area contributed by atoms with E-state index in [9.17, 15) is 17.6 Å². The second-order valence-corrected chi connectivity index (χ2v) is 10.0. The van der Waals surface area contributed by atoms with E-state index in [2.05, 4.69) is 6.92 Å². The monoisotopic (exact) mass is 510 g/mol. The molecule has 0 heterocycles. The summed E-state index contributed by atoms with van der Waals surface area (Å²) in [7, 11) is 0. The molecule has 0 aliphatic heterocycles. The van der Waals surface area contributed by atoms with E-state index < -0.39 is 11.9 Å². The van der Waals surface area contributed by atoms with Crippen LogP contribution < -0.4 is 4.74 Å². The fourth-order valence-corrected chi connectivity index (χ4v) is 5.07. The third-order valence-corrected chi connectivity index (χ3v) is 7.24. The zero-order valence-corrected chi connectivity index (χ0v) is 21.2. The summed E-state index contributed by atoms with van der Waals surface area (Å²) in [6.45, 7) is 2.20. The highest BCUT2D eigenvalue weighted by atomic mass is 19.3. The van der Waals surface area contributed by atoms with E-state index in [1.54, 1.807) is 30.3 Å². The van der Waals surface area contributed by atoms with Gasteiger partial charge in [-0.2, -0.15) is 8.78 Å². The van der Waals surface area contributed by atoms with Gasteiger partial charge in [-0.3, -0.25) is 0 Å². The normalized spacial score (nSPS) is 18.3. The van der Waals surface area contributed by atoms with Crippen LogP contribution in [0, 0.1) is 23.5 Å². The molecule has 1 aliphatic rings. The van der Waals surface area contributed by atoms with Crippen molar-refractivity contribution in [2.45, 2.75) is 64.4 Å². The lowest BCUT2D eigenvalue weighted by Gasteiger charge is -2.27. The summed E-state index contributed by atoms with van der Waals surface area (Å²) in [5, 5.41) is 0. The molecule has 5 heteroatoms. The Labute approximate surface area is 217 Å². The Hall–Kier alpha value is -3.08. The van der Waals surface area contributed by atoms with Crippen molar-refractivity contribution < 1.29 is 22.3 Å². The SMILES string of the molecule is CCCCCC1CCC(C=CC(F)(F)Oc2ccc(-c3ccc(-c4ccc(F)cc4)c(F)c3)cc2)CC1. The first-order valence-electron chi connectivity index (χ1n) is 13.2. The van der Waals surface area contributed by atoms with E-state index in [0.717, 1.165) is 37.7 Å². The van der Waals surface area contributed by atoms with E-state index >= 15 is 0 Å². The number of ether oxygens (including phenoxy) is 1. The molecule has 0 spiro atoms. The third-order valence-electron chi connectivity index (χ3n) is 7.24. The van der Waals surface area contributed by atoms with Crippen LogP contribution in [-0.4, -0.2) is 6.11 Å². The smallest absolute Gasteiger partial charge is 0.419 e. The van der Waals surface area contributed by atoms with Gasteiger partial charge in [0.2, 0.25) is 0 Å². The Balaban J connectivity index is 1.33. The molecule has 0 radical (unpaired) electrons. The standard InChI is InChI=1S/C32H34F4O/c1-2-3-4-5-23-6-8-24(9-7-23)20-21-32(35,36)37-29-17-12-25(13-18-29)27-14-19-30(31(34)22-27)26-10-15-28(33)16-11-26/h10-24H,2-9H2,1H3. The molecule has 4 rings (SSSR count). The van der Waals surface area contributed by atoms with Crippen molar-refractivity contribution in [3.05, 3.63) is 90.5 Å². The zero-order valence-electron chi connectivity index (χ0n) is 21.2. The van der Waals surface area contributed by atoms with Gasteiger partial charge in [0.05, 0.1) is 0 Å². The lowest BCUT2D eigenvalue weighted by Crippen LogP contribution is -2.22. The van der Waals surface area contributed by atoms with Crippen LogP contribution in [0.15, 0.2) is 78.9 Å². The summed E-state index contributed by atoms with van der Waals surface area (Å²) in [5.41, 5.74) is 2.21. The predicted octanol–water partition coefficient (Wildman–Crippen LogP) is 10.2. The highest BCUT2D eigenvalue weighted by Crippen LogP contribution is 2.34. The topological polar surface area (TPSA) is 9.23 Å². The van der Waals surface area contributed by atoms with Crippen LogP contribution in [-0.2, 0) is 0 Å². The summed E-state index contributed by atoms with van der Waals surface area (Å²) in [6, 6.07) is 16.5. The van der Waals surface area contributed by atoms with Crippen LogP contribution in [0.3, 0.4) is 0 Å². The van der Waals surface area contributed by atoms with E-state index in [1.165, 1.54) is 68.1 Å². The molecule has 1 saturated carbocycles. The van der Waals surface area contributed by atoms with Crippen LogP contribution in [0.4, 0.5) is 17.6 Å². The maximum atomic E-state index is 14.7. The van der Waals surface area contributed by atoms with E-state index in [1.807, 2.05) is 0 Å². The summed E-state index contributed by atoms with van der Waals surface area (Å²) in [4.78, 5) is 0. The number of rotatable bonds is 10. The number of allylic oxidation sites excluding steroid dienone is 1. The molecule has 0 atom stereocenters. The molecule has 0 saturated heterocycles. The van der Waals surface area contributed by atoms with Crippen LogP contribution in [0.25, 0.3) is 22.3 Å². The van der Waals surface area contributed by atoms with E-state index in [-0.39, 0.29) is 17.5 Å². The van der Waals surface area contributed by atoms with Crippen molar-refractivity contribution in [1.29, 1.82) is 0 Å². The summed E-state index contributed by atoms with van der Waals surface area (Å²) in [6.07, 6.45) is 8.23. The van der Waals surface area contributed by atoms with Crippen LogP contribution in [0.5, 0.6) is 5.75 Å². The third kappa shape index (κ3) is 7.70. The lowest BCUT2D eigenvalue weighted by atomic mass is 9.79. The zero-order chi connectivity index (χ0) is 26.3. The first-order valence-corrected chi connectivity index (χ1v) is 13.2. The van der Waals surface area contributed by atoms with Crippen LogP contribution in [0.1, 0.15) is 58.3 Å². The largest absolute Gasteiger partial charge is 0.429 e. The second-order valence-electron chi connectivity index (χ2n) is 10.0. The number of benzene rings is 3. The number of halogens is 4. The van der Waals surface area contributed by atoms with Crippen molar-refractivity contribution in [2.24, 2.45) is 11.8 Å². The van der Waals surface area contributed by atoms with Gasteiger partial charge in [0.1, 0.15) is 17.4 Å². The summed E-state index contributed by atoms with van der Waals surface area (Å²) < 4.78 is 61.8. The minimum absolute atomic E-state index is 0.0430. The van der Waals surface area contributed by atoms with Crippen molar-refractivity contribution in [3.63, 3.8) is 0 Å². The molecular weight excluding hydrogens is 476 g/mol. The molecular formula is C32H34F4O. The van der Waals surface area contributed by atoms with Crippen molar-refractivity contribution in [3.8, 4) is 28.0 Å². The Morgan fingerprint density at radius 2 is 1.46 bits per heavy atom. The van der Waals surface area contributed by atoms with Gasteiger partial charge in [0, 0.05) is 11.6 Å². The average Bonchev–Trinajstić information content (AvgIpc) is 2.89. The van der Waals surface area contributed by atoms with Gasteiger partial charge in [-0.25, -0.2) is 8.78 Å². The fraction of sp³-hybridized carbons (Fsp3) is 0.375. The molecule has 37 heavy (non-hydrogen) atoms. The first kappa shape index (κ1) is 27.0. The highest BCUT2D eigenvalue weighted by molar-refractivity contribution is 5.71. The Bertz CT molecular complexity index is 1160. The lowest BCUT2D eigenvalue weighted by molar-refractivity contribution is -0.132. The van der Waals surface area contributed by atoms with Gasteiger partial charge in [-0.1, -0.05) is 75.1 Å². The van der Waals surface area contributed by atoms with E-state index in [4.69, 9.17) is 4.74 Å². The average molecular weight is 511 g/mol. The molecule has 3 aromatic carbocycles. The van der Waals surface area contributed by atoms with Gasteiger partial charge >= 0.3 is 6.11 Å². The molecule has 0 amide bonds. The molecule has 1 aliphatic carbocycles. The number of unbranched alkanes of at least 4 members (excludes halogenated alkanes) is 2. The molecule has 0 aromatic heterocycles. The van der Waals surface area contributed by atoms with E-state index in [0.29, 0.717) is 22.3 Å². The molecule has 0 N–H and O–H groups in total. The van der Waals surface area contributed by atoms with Gasteiger partial charge in [-0.15, -0.1) is 0 Å². The molecule has 0 bridgehead atoms. The van der Waals surface area contributed by atoms with Crippen molar-refractivity contribution in [2.75, 3.05) is 0 Å². The summed E-state index contributed by atoms with van der Waals surface area (Å²) in [5.74, 6) is 0.119. The van der Waals surface area contributed by atoms with Gasteiger partial charge in [-0.05, 0) is 84.5 Å². The number of alkyl halides is 2. The molecule has 1 nitrogen and oxygen atoms in total. The molecule has 196 valence electrons. The molecule has 1 fully saturated rings. The van der Waals surface area contributed by atoms with Crippen molar-refractivity contribution in [1.82, 2.24) is 0 Å². The first-order chi connectivity index (χ1) is 17.8.